The molecule has 0 radical (unpaired) electrons. The molecule has 2 unspecified atom stereocenters. The van der Waals surface area contributed by atoms with E-state index in [0.29, 0.717) is 21.7 Å². The number of benzene rings is 1. The van der Waals surface area contributed by atoms with Gasteiger partial charge in [-0.3, -0.25) is 23.7 Å². The summed E-state index contributed by atoms with van der Waals surface area (Å²) in [5, 5.41) is 5.66. The minimum atomic E-state index is -3.66. The molecule has 0 saturated carbocycles. The first kappa shape index (κ1) is 26.1. The largest absolute Gasteiger partial charge is 0.438 e. The monoisotopic (exact) mass is 520 g/mol. The summed E-state index contributed by atoms with van der Waals surface area (Å²) in [6.07, 6.45) is 4.71. The van der Waals surface area contributed by atoms with Crippen LogP contribution in [0.3, 0.4) is 0 Å². The van der Waals surface area contributed by atoms with Crippen molar-refractivity contribution in [2.24, 2.45) is 5.41 Å². The van der Waals surface area contributed by atoms with Gasteiger partial charge >= 0.3 is 5.97 Å². The maximum Gasteiger partial charge on any atom is 0.313 e. The summed E-state index contributed by atoms with van der Waals surface area (Å²) in [6.45, 7) is 5.93. The second-order valence-electron chi connectivity index (χ2n) is 8.67. The number of aromatic nitrogens is 1. The van der Waals surface area contributed by atoms with E-state index in [2.05, 4.69) is 10.3 Å². The van der Waals surface area contributed by atoms with E-state index in [9.17, 15) is 14.2 Å². The van der Waals surface area contributed by atoms with Crippen LogP contribution in [0.1, 0.15) is 37.7 Å². The molecule has 0 fully saturated rings. The van der Waals surface area contributed by atoms with Crippen molar-refractivity contribution >= 4 is 58.3 Å². The van der Waals surface area contributed by atoms with Gasteiger partial charge in [-0.2, -0.15) is 0 Å². The number of halogens is 1. The molecule has 3 aromatic rings. The highest BCUT2D eigenvalue weighted by Gasteiger charge is 2.39. The topological polar surface area (TPSA) is 94.6 Å². The fourth-order valence-electron chi connectivity index (χ4n) is 3.08. The zero-order valence-corrected chi connectivity index (χ0v) is 21.7. The van der Waals surface area contributed by atoms with E-state index in [4.69, 9.17) is 20.9 Å². The number of nitrogens with zero attached hydrogens (tertiary/aromatic N) is 1. The Kier molecular flexibility index (Phi) is 8.31. The lowest BCUT2D eigenvalue weighted by molar-refractivity contribution is -0.159. The average molecular weight is 521 g/mol. The Labute approximate surface area is 207 Å². The number of rotatable bonds is 8. The molecule has 0 bridgehead atoms. The molecule has 180 valence electrons. The molecule has 34 heavy (non-hydrogen) atoms. The Morgan fingerprint density at radius 3 is 2.71 bits per heavy atom. The van der Waals surface area contributed by atoms with E-state index in [-0.39, 0.29) is 0 Å². The van der Waals surface area contributed by atoms with E-state index in [1.165, 1.54) is 24.2 Å². The minimum absolute atomic E-state index is 0.493. The highest BCUT2D eigenvalue weighted by atomic mass is 35.5. The standard InChI is InChI=1S/C24H26ClN2O5PS/c1-24(2,3)23(29)31-15-32-33(4,30)21(19-14-34-20-9-8-16(25)13-18(19)20)22(28)27-12-10-17-7-5-6-11-26-17/h5-14,21H,15H2,1-4H3,(H,27,28). The number of ether oxygens (including phenoxy) is 1. The molecule has 1 N–H and O–H groups in total. The van der Waals surface area contributed by atoms with Crippen molar-refractivity contribution in [1.82, 2.24) is 10.3 Å². The van der Waals surface area contributed by atoms with Crippen LogP contribution < -0.4 is 5.32 Å². The van der Waals surface area contributed by atoms with Crippen LogP contribution in [0, 0.1) is 5.41 Å². The van der Waals surface area contributed by atoms with Gasteiger partial charge in [0.05, 0.1) is 11.1 Å². The quantitative estimate of drug-likeness (QED) is 0.214. The molecule has 1 amide bonds. The number of hydrogen-bond acceptors (Lipinski definition) is 7. The van der Waals surface area contributed by atoms with E-state index < -0.39 is 37.1 Å². The summed E-state index contributed by atoms with van der Waals surface area (Å²) in [7, 11) is -3.66. The van der Waals surface area contributed by atoms with E-state index >= 15 is 0 Å². The van der Waals surface area contributed by atoms with Gasteiger partial charge in [-0.15, -0.1) is 11.3 Å². The molecule has 0 aliphatic rings. The highest BCUT2D eigenvalue weighted by molar-refractivity contribution is 7.59. The lowest BCUT2D eigenvalue weighted by atomic mass is 9.98. The molecule has 2 atom stereocenters. The molecule has 2 heterocycles. The van der Waals surface area contributed by atoms with Crippen LogP contribution in [0.15, 0.2) is 54.2 Å². The van der Waals surface area contributed by atoms with Crippen molar-refractivity contribution in [2.45, 2.75) is 26.4 Å². The fourth-order valence-corrected chi connectivity index (χ4v) is 5.95. The Hall–Kier alpha value is -2.51. The Morgan fingerprint density at radius 2 is 2.03 bits per heavy atom. The van der Waals surface area contributed by atoms with Gasteiger partial charge in [0.2, 0.25) is 13.3 Å². The fraction of sp³-hybridized carbons (Fsp3) is 0.292. The molecule has 3 rings (SSSR count). The Balaban J connectivity index is 1.88. The van der Waals surface area contributed by atoms with Crippen LogP contribution in [0.4, 0.5) is 0 Å². The number of fused-ring (bicyclic) bond motifs is 1. The summed E-state index contributed by atoms with van der Waals surface area (Å²) in [4.78, 5) is 29.5. The van der Waals surface area contributed by atoms with Gasteiger partial charge in [-0.25, -0.2) is 0 Å². The van der Waals surface area contributed by atoms with Gasteiger partial charge in [0.25, 0.3) is 0 Å². The lowest BCUT2D eigenvalue weighted by Crippen LogP contribution is -2.27. The van der Waals surface area contributed by atoms with Crippen LogP contribution in [-0.2, 0) is 23.4 Å². The normalized spacial score (nSPS) is 14.6. The first-order valence-corrected chi connectivity index (χ1v) is 13.8. The number of amides is 1. The van der Waals surface area contributed by atoms with Crippen molar-refractivity contribution in [3.8, 4) is 0 Å². The van der Waals surface area contributed by atoms with Crippen molar-refractivity contribution in [3.63, 3.8) is 0 Å². The molecule has 2 aromatic heterocycles. The first-order valence-electron chi connectivity index (χ1n) is 10.4. The number of hydrogen-bond donors (Lipinski definition) is 1. The summed E-state index contributed by atoms with van der Waals surface area (Å²) < 4.78 is 25.3. The number of carbonyl (C=O) groups excluding carboxylic acids is 2. The number of carbonyl (C=O) groups is 2. The minimum Gasteiger partial charge on any atom is -0.438 e. The lowest BCUT2D eigenvalue weighted by Gasteiger charge is -2.24. The second-order valence-corrected chi connectivity index (χ2v) is 12.6. The number of pyridine rings is 1. The third-order valence-corrected chi connectivity index (χ3v) is 8.14. The van der Waals surface area contributed by atoms with Gasteiger partial charge in [-0.05, 0) is 73.5 Å². The van der Waals surface area contributed by atoms with Crippen molar-refractivity contribution in [2.75, 3.05) is 13.5 Å². The molecule has 1 aromatic carbocycles. The maximum absolute atomic E-state index is 13.7. The van der Waals surface area contributed by atoms with Gasteiger partial charge in [0.1, 0.15) is 5.66 Å². The maximum atomic E-state index is 13.7. The van der Waals surface area contributed by atoms with Crippen LogP contribution in [0.5, 0.6) is 0 Å². The number of nitrogens with one attached hydrogen (secondary N) is 1. The van der Waals surface area contributed by atoms with Crippen molar-refractivity contribution in [3.05, 3.63) is 70.5 Å². The molecule has 10 heteroatoms. The predicted molar refractivity (Wildman–Crippen MR) is 136 cm³/mol. The smallest absolute Gasteiger partial charge is 0.313 e. The molecule has 0 aliphatic carbocycles. The van der Waals surface area contributed by atoms with Crippen LogP contribution >= 0.6 is 30.3 Å². The van der Waals surface area contributed by atoms with E-state index in [1.807, 2.05) is 12.1 Å². The van der Waals surface area contributed by atoms with Crippen LogP contribution in [-0.4, -0.2) is 30.3 Å². The molecule has 0 aliphatic heterocycles. The summed E-state index contributed by atoms with van der Waals surface area (Å²) in [5.74, 6) is -1.03. The van der Waals surface area contributed by atoms with Crippen LogP contribution in [0.2, 0.25) is 5.02 Å². The van der Waals surface area contributed by atoms with Crippen molar-refractivity contribution < 1.29 is 23.4 Å². The zero-order valence-electron chi connectivity index (χ0n) is 19.3. The van der Waals surface area contributed by atoms with Crippen LogP contribution in [0.25, 0.3) is 16.2 Å². The Morgan fingerprint density at radius 1 is 1.26 bits per heavy atom. The SMILES string of the molecule is CC(C)(C)C(=O)OCOP(C)(=O)C(C(=O)NC=Cc1ccccn1)c1csc2ccc(Cl)cc12. The van der Waals surface area contributed by atoms with Gasteiger partial charge in [0.15, 0.2) is 6.79 Å². The molecule has 7 nitrogen and oxygen atoms in total. The number of thiophene rings is 1. The zero-order chi connectivity index (χ0) is 24.9. The Bertz CT molecular complexity index is 1250. The van der Waals surface area contributed by atoms with Gasteiger partial charge in [0, 0.05) is 28.8 Å². The first-order chi connectivity index (χ1) is 16.0. The second kappa shape index (κ2) is 10.8. The van der Waals surface area contributed by atoms with E-state index in [1.54, 1.807) is 62.7 Å². The number of esters is 1. The highest BCUT2D eigenvalue weighted by Crippen LogP contribution is 2.59. The van der Waals surface area contributed by atoms with E-state index in [0.717, 1.165) is 4.70 Å². The summed E-state index contributed by atoms with van der Waals surface area (Å²) in [6, 6.07) is 10.7. The molecular weight excluding hydrogens is 495 g/mol. The molecule has 0 spiro atoms. The molecule has 0 saturated heterocycles. The summed E-state index contributed by atoms with van der Waals surface area (Å²) in [5.41, 5.74) is -0.716. The molecular formula is C24H26ClN2O5PS. The third-order valence-electron chi connectivity index (χ3n) is 4.86. The third kappa shape index (κ3) is 6.54. The average Bonchev–Trinajstić information content (AvgIpc) is 3.16. The van der Waals surface area contributed by atoms with Gasteiger partial charge < -0.3 is 10.1 Å². The predicted octanol–water partition coefficient (Wildman–Crippen LogP) is 6.25. The van der Waals surface area contributed by atoms with Crippen molar-refractivity contribution in [1.29, 1.82) is 0 Å². The summed E-state index contributed by atoms with van der Waals surface area (Å²) >= 11 is 7.60. The van der Waals surface area contributed by atoms with Gasteiger partial charge in [-0.1, -0.05) is 17.7 Å².